The molecule has 0 aliphatic carbocycles. The number of hydrogen-bond acceptors (Lipinski definition) is 7. The van der Waals surface area contributed by atoms with Gasteiger partial charge in [-0.1, -0.05) is 66.4 Å². The Morgan fingerprint density at radius 3 is 2.64 bits per heavy atom. The molecule has 3 aliphatic heterocycles. The topological polar surface area (TPSA) is 76.1 Å². The van der Waals surface area contributed by atoms with Crippen LogP contribution in [0.2, 0.25) is 0 Å². The van der Waals surface area contributed by atoms with Gasteiger partial charge in [-0.3, -0.25) is 14.5 Å². The molecule has 36 heavy (non-hydrogen) atoms. The van der Waals surface area contributed by atoms with Gasteiger partial charge in [-0.2, -0.15) is 0 Å². The van der Waals surface area contributed by atoms with E-state index in [1.807, 2.05) is 23.1 Å². The molecule has 190 valence electrons. The van der Waals surface area contributed by atoms with Crippen LogP contribution in [-0.4, -0.2) is 77.7 Å². The van der Waals surface area contributed by atoms with Gasteiger partial charge in [0.1, 0.15) is 27.5 Å². The third kappa shape index (κ3) is 5.22. The maximum atomic E-state index is 13.7. The standard InChI is InChI=1S/C26H30N4O3S3/c1-26(2)14-30-23(33)20(24(30)36-26)27-22(32)21(18-8-10-19(31)11-9-18)29-15-28(25(34)35-16-29)13-12-17-6-4-3-5-7-17/h3-11,20-21,24,31H,12-16H2,1-2H3,(H,27,32). The van der Waals surface area contributed by atoms with Gasteiger partial charge in [0.2, 0.25) is 11.8 Å². The van der Waals surface area contributed by atoms with E-state index in [0.717, 1.165) is 22.8 Å². The third-order valence-corrected chi connectivity index (χ3v) is 9.84. The number of benzene rings is 2. The smallest absolute Gasteiger partial charge is 0.249 e. The summed E-state index contributed by atoms with van der Waals surface area (Å²) in [5, 5.41) is 12.9. The van der Waals surface area contributed by atoms with Crippen LogP contribution in [0.1, 0.15) is 31.0 Å². The number of β-lactam (4-membered cyclic amide) rings is 1. The molecule has 2 aromatic carbocycles. The number of rotatable bonds is 7. The van der Waals surface area contributed by atoms with E-state index in [4.69, 9.17) is 12.2 Å². The van der Waals surface area contributed by atoms with E-state index in [9.17, 15) is 14.7 Å². The Balaban J connectivity index is 1.33. The summed E-state index contributed by atoms with van der Waals surface area (Å²) in [7, 11) is 0. The SMILES string of the molecule is CC1(C)CN2C(=O)C(NC(=O)C(c3ccc(O)cc3)N3CSC(=S)N(CCc4ccccc4)C3)C2S1. The second-order valence-electron chi connectivity index (χ2n) is 9.98. The van der Waals surface area contributed by atoms with Crippen molar-refractivity contribution in [1.82, 2.24) is 20.0 Å². The number of amides is 2. The van der Waals surface area contributed by atoms with Crippen molar-refractivity contribution in [1.29, 1.82) is 0 Å². The molecule has 0 radical (unpaired) electrons. The first-order chi connectivity index (χ1) is 17.2. The number of aromatic hydroxyl groups is 1. The number of thioether (sulfide) groups is 2. The first-order valence-electron chi connectivity index (χ1n) is 12.0. The summed E-state index contributed by atoms with van der Waals surface area (Å²) in [5.41, 5.74) is 2.00. The van der Waals surface area contributed by atoms with Gasteiger partial charge in [-0.25, -0.2) is 0 Å². The molecular formula is C26H30N4O3S3. The molecule has 0 bridgehead atoms. The molecule has 2 aromatic rings. The number of fused-ring (bicyclic) bond motifs is 1. The zero-order chi connectivity index (χ0) is 25.4. The van der Waals surface area contributed by atoms with Crippen LogP contribution in [0.5, 0.6) is 5.75 Å². The van der Waals surface area contributed by atoms with Crippen molar-refractivity contribution >= 4 is 51.9 Å². The highest BCUT2D eigenvalue weighted by atomic mass is 32.2. The minimum atomic E-state index is -0.610. The van der Waals surface area contributed by atoms with E-state index in [0.29, 0.717) is 19.1 Å². The lowest BCUT2D eigenvalue weighted by Crippen LogP contribution is -2.68. The van der Waals surface area contributed by atoms with E-state index in [2.05, 4.69) is 41.1 Å². The fourth-order valence-corrected chi connectivity index (χ4v) is 7.56. The Kier molecular flexibility index (Phi) is 7.22. The highest BCUT2D eigenvalue weighted by molar-refractivity contribution is 8.22. The molecular weight excluding hydrogens is 513 g/mol. The molecule has 2 amide bonds. The molecule has 3 aliphatic rings. The number of thiocarbonyl (C=S) groups is 1. The Labute approximate surface area is 225 Å². The molecule has 0 aromatic heterocycles. The predicted octanol–water partition coefficient (Wildman–Crippen LogP) is 3.41. The lowest BCUT2D eigenvalue weighted by atomic mass is 10.0. The molecule has 0 saturated carbocycles. The van der Waals surface area contributed by atoms with Gasteiger partial charge >= 0.3 is 0 Å². The van der Waals surface area contributed by atoms with Crippen molar-refractivity contribution in [2.45, 2.75) is 42.5 Å². The van der Waals surface area contributed by atoms with Gasteiger partial charge in [0.15, 0.2) is 0 Å². The van der Waals surface area contributed by atoms with Crippen LogP contribution in [0, 0.1) is 0 Å². The van der Waals surface area contributed by atoms with Crippen LogP contribution < -0.4 is 5.32 Å². The van der Waals surface area contributed by atoms with Gasteiger partial charge in [0.05, 0.1) is 12.5 Å². The molecule has 3 heterocycles. The van der Waals surface area contributed by atoms with Crippen molar-refractivity contribution < 1.29 is 14.7 Å². The minimum absolute atomic E-state index is 0.0189. The second-order valence-corrected chi connectivity index (χ2v) is 13.4. The summed E-state index contributed by atoms with van der Waals surface area (Å²) in [6, 6.07) is 15.9. The van der Waals surface area contributed by atoms with E-state index in [1.165, 1.54) is 5.56 Å². The molecule has 2 N–H and O–H groups in total. The number of hydrogen-bond donors (Lipinski definition) is 2. The molecule has 10 heteroatoms. The molecule has 3 unspecified atom stereocenters. The number of phenolic OH excluding ortho intramolecular Hbond substituents is 1. The van der Waals surface area contributed by atoms with Crippen molar-refractivity contribution in [2.75, 3.05) is 25.6 Å². The van der Waals surface area contributed by atoms with E-state index >= 15 is 0 Å². The van der Waals surface area contributed by atoms with E-state index < -0.39 is 12.1 Å². The van der Waals surface area contributed by atoms with Crippen LogP contribution in [0.4, 0.5) is 0 Å². The third-order valence-electron chi connectivity index (χ3n) is 6.73. The van der Waals surface area contributed by atoms with Crippen molar-refractivity contribution in [2.24, 2.45) is 0 Å². The maximum absolute atomic E-state index is 13.7. The summed E-state index contributed by atoms with van der Waals surface area (Å²) in [5.74, 6) is 0.483. The summed E-state index contributed by atoms with van der Waals surface area (Å²) < 4.78 is 0.802. The second kappa shape index (κ2) is 10.2. The van der Waals surface area contributed by atoms with Gasteiger partial charge < -0.3 is 20.2 Å². The number of nitrogens with one attached hydrogen (secondary N) is 1. The number of phenols is 1. The fraction of sp³-hybridized carbons (Fsp3) is 0.423. The number of carbonyl (C=O) groups is 2. The monoisotopic (exact) mass is 542 g/mol. The van der Waals surface area contributed by atoms with Crippen LogP contribution >= 0.6 is 35.7 Å². The van der Waals surface area contributed by atoms with E-state index in [1.54, 1.807) is 47.8 Å². The Morgan fingerprint density at radius 1 is 1.19 bits per heavy atom. The van der Waals surface area contributed by atoms with Crippen molar-refractivity contribution in [3.05, 3.63) is 65.7 Å². The maximum Gasteiger partial charge on any atom is 0.249 e. The Morgan fingerprint density at radius 2 is 1.92 bits per heavy atom. The predicted molar refractivity (Wildman–Crippen MR) is 149 cm³/mol. The molecule has 3 fully saturated rings. The molecule has 3 saturated heterocycles. The van der Waals surface area contributed by atoms with Crippen LogP contribution in [-0.2, 0) is 16.0 Å². The number of nitrogens with zero attached hydrogens (tertiary/aromatic N) is 3. The average molecular weight is 543 g/mol. The zero-order valence-electron chi connectivity index (χ0n) is 20.3. The van der Waals surface area contributed by atoms with Crippen LogP contribution in [0.15, 0.2) is 54.6 Å². The summed E-state index contributed by atoms with van der Waals surface area (Å²) in [6.07, 6.45) is 0.854. The fourth-order valence-electron chi connectivity index (χ4n) is 4.92. The quantitative estimate of drug-likeness (QED) is 0.407. The average Bonchev–Trinajstić information content (AvgIpc) is 3.16. The highest BCUT2D eigenvalue weighted by Crippen LogP contribution is 2.46. The zero-order valence-corrected chi connectivity index (χ0v) is 22.7. The lowest BCUT2D eigenvalue weighted by Gasteiger charge is -2.44. The number of carbonyl (C=O) groups excluding carboxylic acids is 2. The van der Waals surface area contributed by atoms with Gasteiger partial charge in [0, 0.05) is 17.8 Å². The van der Waals surface area contributed by atoms with Crippen molar-refractivity contribution in [3.8, 4) is 5.75 Å². The molecule has 5 rings (SSSR count). The van der Waals surface area contributed by atoms with Gasteiger partial charge in [-0.05, 0) is 43.5 Å². The summed E-state index contributed by atoms with van der Waals surface area (Å²) in [4.78, 5) is 32.6. The summed E-state index contributed by atoms with van der Waals surface area (Å²) in [6.45, 7) is 6.21. The normalized spacial score (nSPS) is 24.3. The first-order valence-corrected chi connectivity index (χ1v) is 14.3. The van der Waals surface area contributed by atoms with Gasteiger partial charge in [-0.15, -0.1) is 11.8 Å². The largest absolute Gasteiger partial charge is 0.508 e. The lowest BCUT2D eigenvalue weighted by molar-refractivity contribution is -0.148. The molecule has 3 atom stereocenters. The Bertz CT molecular complexity index is 1140. The minimum Gasteiger partial charge on any atom is -0.508 e. The molecule has 7 nitrogen and oxygen atoms in total. The van der Waals surface area contributed by atoms with Crippen LogP contribution in [0.25, 0.3) is 0 Å². The Hall–Kier alpha value is -2.27. The summed E-state index contributed by atoms with van der Waals surface area (Å²) >= 11 is 8.92. The van der Waals surface area contributed by atoms with E-state index in [-0.39, 0.29) is 27.7 Å². The molecule has 0 spiro atoms. The first kappa shape index (κ1) is 25.4. The van der Waals surface area contributed by atoms with Crippen LogP contribution in [0.3, 0.4) is 0 Å². The van der Waals surface area contributed by atoms with Crippen molar-refractivity contribution in [3.63, 3.8) is 0 Å². The van der Waals surface area contributed by atoms with Gasteiger partial charge in [0.25, 0.3) is 0 Å². The highest BCUT2D eigenvalue weighted by Gasteiger charge is 2.56.